The van der Waals surface area contributed by atoms with E-state index >= 15 is 0 Å². The second-order valence-electron chi connectivity index (χ2n) is 4.91. The van der Waals surface area contributed by atoms with Crippen LogP contribution in [0.5, 0.6) is 0 Å². The van der Waals surface area contributed by atoms with Crippen molar-refractivity contribution in [3.05, 3.63) is 58.7 Å². The van der Waals surface area contributed by atoms with Crippen molar-refractivity contribution in [1.82, 2.24) is 10.3 Å². The van der Waals surface area contributed by atoms with E-state index in [2.05, 4.69) is 35.2 Å². The summed E-state index contributed by atoms with van der Waals surface area (Å²) in [7, 11) is 4.02. The van der Waals surface area contributed by atoms with Crippen molar-refractivity contribution in [2.24, 2.45) is 0 Å². The van der Waals surface area contributed by atoms with Gasteiger partial charge in [0.15, 0.2) is 0 Å². The molecule has 0 aliphatic rings. The Bertz CT molecular complexity index is 554. The topological polar surface area (TPSA) is 28.2 Å². The van der Waals surface area contributed by atoms with E-state index in [1.54, 1.807) is 0 Å². The van der Waals surface area contributed by atoms with E-state index in [0.29, 0.717) is 0 Å². The lowest BCUT2D eigenvalue weighted by atomic mass is 10.1. The molecule has 1 atom stereocenters. The quantitative estimate of drug-likeness (QED) is 0.911. The molecule has 0 saturated carbocycles. The summed E-state index contributed by atoms with van der Waals surface area (Å²) in [5.74, 6) is 1.00. The molecule has 0 fully saturated rings. The first-order valence-electron chi connectivity index (χ1n) is 6.69. The van der Waals surface area contributed by atoms with Gasteiger partial charge in [0.25, 0.3) is 0 Å². The minimum Gasteiger partial charge on any atom is -0.355 e. The number of hydrogen-bond donors (Lipinski definition) is 1. The third kappa shape index (κ3) is 3.50. The number of aromatic nitrogens is 1. The van der Waals surface area contributed by atoms with Crippen molar-refractivity contribution in [2.45, 2.75) is 19.5 Å². The summed E-state index contributed by atoms with van der Waals surface area (Å²) in [6.07, 6.45) is 1.83. The van der Waals surface area contributed by atoms with E-state index < -0.39 is 0 Å². The molecule has 106 valence electrons. The second-order valence-corrected chi connectivity index (χ2v) is 5.35. The maximum atomic E-state index is 5.92. The highest BCUT2D eigenvalue weighted by molar-refractivity contribution is 6.30. The highest BCUT2D eigenvalue weighted by Gasteiger charge is 2.13. The molecule has 0 radical (unpaired) electrons. The molecule has 4 heteroatoms. The van der Waals surface area contributed by atoms with Gasteiger partial charge in [0.05, 0.1) is 0 Å². The highest BCUT2D eigenvalue weighted by Crippen LogP contribution is 2.24. The van der Waals surface area contributed by atoms with Crippen molar-refractivity contribution in [2.75, 3.05) is 19.0 Å². The van der Waals surface area contributed by atoms with Gasteiger partial charge < -0.3 is 10.2 Å². The molecular formula is C16H20ClN3. The molecule has 0 spiro atoms. The van der Waals surface area contributed by atoms with Gasteiger partial charge in [0, 0.05) is 36.4 Å². The highest BCUT2D eigenvalue weighted by atomic mass is 35.5. The lowest BCUT2D eigenvalue weighted by molar-refractivity contribution is 0.646. The van der Waals surface area contributed by atoms with Gasteiger partial charge in [0.1, 0.15) is 5.82 Å². The minimum absolute atomic E-state index is 0.270. The summed E-state index contributed by atoms with van der Waals surface area (Å²) >= 11 is 5.92. The predicted octanol–water partition coefficient (Wildman–Crippen LogP) is 3.65. The van der Waals surface area contributed by atoms with Gasteiger partial charge in [-0.3, -0.25) is 0 Å². The summed E-state index contributed by atoms with van der Waals surface area (Å²) in [6.45, 7) is 2.94. The number of rotatable bonds is 5. The normalized spacial score (nSPS) is 12.2. The van der Waals surface area contributed by atoms with Crippen LogP contribution in [-0.4, -0.2) is 19.1 Å². The number of hydrogen-bond acceptors (Lipinski definition) is 3. The summed E-state index contributed by atoms with van der Waals surface area (Å²) in [5.41, 5.74) is 2.41. The third-order valence-electron chi connectivity index (χ3n) is 3.41. The van der Waals surface area contributed by atoms with Crippen molar-refractivity contribution in [3.8, 4) is 0 Å². The summed E-state index contributed by atoms with van der Waals surface area (Å²) in [5, 5.41) is 4.03. The Labute approximate surface area is 125 Å². The van der Waals surface area contributed by atoms with E-state index in [-0.39, 0.29) is 6.04 Å². The van der Waals surface area contributed by atoms with Crippen molar-refractivity contribution >= 4 is 17.4 Å². The molecule has 20 heavy (non-hydrogen) atoms. The number of nitrogens with zero attached hydrogens (tertiary/aromatic N) is 2. The van der Waals surface area contributed by atoms with Gasteiger partial charge in [-0.05, 0) is 37.7 Å². The average Bonchev–Trinajstić information content (AvgIpc) is 2.48. The van der Waals surface area contributed by atoms with Crippen LogP contribution in [0.25, 0.3) is 0 Å². The molecule has 1 heterocycles. The molecule has 3 nitrogen and oxygen atoms in total. The van der Waals surface area contributed by atoms with Crippen LogP contribution in [0.4, 0.5) is 5.82 Å². The first-order valence-corrected chi connectivity index (χ1v) is 7.07. The van der Waals surface area contributed by atoms with Gasteiger partial charge in [-0.15, -0.1) is 0 Å². The van der Waals surface area contributed by atoms with E-state index in [0.717, 1.165) is 17.4 Å². The molecule has 0 amide bonds. The Balaban J connectivity index is 2.20. The zero-order chi connectivity index (χ0) is 14.5. The Morgan fingerprint density at radius 1 is 1.25 bits per heavy atom. The SMILES string of the molecule is CNC(C)c1cccnc1N(C)Cc1ccc(Cl)cc1. The van der Waals surface area contributed by atoms with Crippen molar-refractivity contribution in [1.29, 1.82) is 0 Å². The predicted molar refractivity (Wildman–Crippen MR) is 85.3 cm³/mol. The van der Waals surface area contributed by atoms with Gasteiger partial charge in [-0.1, -0.05) is 29.8 Å². The van der Waals surface area contributed by atoms with Gasteiger partial charge in [0.2, 0.25) is 0 Å². The fraction of sp³-hybridized carbons (Fsp3) is 0.312. The van der Waals surface area contributed by atoms with Crippen molar-refractivity contribution in [3.63, 3.8) is 0 Å². The zero-order valence-electron chi connectivity index (χ0n) is 12.1. The maximum absolute atomic E-state index is 5.92. The first kappa shape index (κ1) is 14.8. The molecule has 1 aromatic carbocycles. The van der Waals surface area contributed by atoms with Gasteiger partial charge in [-0.2, -0.15) is 0 Å². The fourth-order valence-electron chi connectivity index (χ4n) is 2.16. The van der Waals surface area contributed by atoms with E-state index in [4.69, 9.17) is 11.6 Å². The number of nitrogens with one attached hydrogen (secondary N) is 1. The van der Waals surface area contributed by atoms with Crippen LogP contribution in [-0.2, 0) is 6.54 Å². The summed E-state index contributed by atoms with van der Waals surface area (Å²) in [6, 6.07) is 12.3. The van der Waals surface area contributed by atoms with Crippen LogP contribution in [0.15, 0.2) is 42.6 Å². The van der Waals surface area contributed by atoms with Crippen LogP contribution >= 0.6 is 11.6 Å². The number of anilines is 1. The third-order valence-corrected chi connectivity index (χ3v) is 3.66. The Kier molecular flexibility index (Phi) is 4.99. The van der Waals surface area contributed by atoms with E-state index in [1.807, 2.05) is 43.6 Å². The largest absolute Gasteiger partial charge is 0.355 e. The molecule has 2 aromatic rings. The Morgan fingerprint density at radius 3 is 2.60 bits per heavy atom. The number of benzene rings is 1. The van der Waals surface area contributed by atoms with E-state index in [9.17, 15) is 0 Å². The summed E-state index contributed by atoms with van der Waals surface area (Å²) < 4.78 is 0. The summed E-state index contributed by atoms with van der Waals surface area (Å²) in [4.78, 5) is 6.68. The standard InChI is InChI=1S/C16H20ClN3/c1-12(18-2)15-5-4-10-19-16(15)20(3)11-13-6-8-14(17)9-7-13/h4-10,12,18H,11H2,1-3H3. The second kappa shape index (κ2) is 6.73. The zero-order valence-corrected chi connectivity index (χ0v) is 12.9. The van der Waals surface area contributed by atoms with Gasteiger partial charge >= 0.3 is 0 Å². The lowest BCUT2D eigenvalue weighted by Gasteiger charge is -2.23. The smallest absolute Gasteiger partial charge is 0.133 e. The molecule has 0 saturated heterocycles. The van der Waals surface area contributed by atoms with Crippen molar-refractivity contribution < 1.29 is 0 Å². The number of halogens is 1. The minimum atomic E-state index is 0.270. The molecular weight excluding hydrogens is 270 g/mol. The molecule has 0 aliphatic carbocycles. The number of pyridine rings is 1. The average molecular weight is 290 g/mol. The monoisotopic (exact) mass is 289 g/mol. The van der Waals surface area contributed by atoms with Crippen LogP contribution < -0.4 is 10.2 Å². The Hall–Kier alpha value is -1.58. The van der Waals surface area contributed by atoms with Crippen LogP contribution in [0.2, 0.25) is 5.02 Å². The Morgan fingerprint density at radius 2 is 1.95 bits per heavy atom. The lowest BCUT2D eigenvalue weighted by Crippen LogP contribution is -2.22. The molecule has 1 aromatic heterocycles. The molecule has 2 rings (SSSR count). The van der Waals surface area contributed by atoms with E-state index in [1.165, 1.54) is 11.1 Å². The maximum Gasteiger partial charge on any atom is 0.133 e. The molecule has 0 bridgehead atoms. The van der Waals surface area contributed by atoms with Crippen LogP contribution in [0.1, 0.15) is 24.1 Å². The van der Waals surface area contributed by atoms with Crippen LogP contribution in [0.3, 0.4) is 0 Å². The van der Waals surface area contributed by atoms with Gasteiger partial charge in [-0.25, -0.2) is 4.98 Å². The molecule has 1 N–H and O–H groups in total. The molecule has 1 unspecified atom stereocenters. The molecule has 0 aliphatic heterocycles. The van der Waals surface area contributed by atoms with Crippen LogP contribution in [0, 0.1) is 0 Å². The fourth-order valence-corrected chi connectivity index (χ4v) is 2.29. The first-order chi connectivity index (χ1) is 9.61.